The number of benzene rings is 1. The minimum Gasteiger partial charge on any atom is -0.403 e. The molecule has 0 spiro atoms. The van der Waals surface area contributed by atoms with Crippen molar-refractivity contribution in [3.05, 3.63) is 54.8 Å². The predicted molar refractivity (Wildman–Crippen MR) is 156 cm³/mol. The fourth-order valence-electron chi connectivity index (χ4n) is 2.87. The summed E-state index contributed by atoms with van der Waals surface area (Å²) in [4.78, 5) is 22.2. The number of carbonyl (C=O) groups is 2. The van der Waals surface area contributed by atoms with E-state index in [4.69, 9.17) is 16.6 Å². The van der Waals surface area contributed by atoms with E-state index in [0.29, 0.717) is 37.9 Å². The molecule has 8 N–H and O–H groups in total. The summed E-state index contributed by atoms with van der Waals surface area (Å²) in [7, 11) is 0. The maximum Gasteiger partial charge on any atom is 0.224 e. The summed E-state index contributed by atoms with van der Waals surface area (Å²) in [5.74, 6) is 0.908. The smallest absolute Gasteiger partial charge is 0.224 e. The lowest BCUT2D eigenvalue weighted by Gasteiger charge is -2.15. The fourth-order valence-corrected chi connectivity index (χ4v) is 3.06. The molecule has 0 radical (unpaired) electrons. The highest BCUT2D eigenvalue weighted by atomic mass is 32.1. The Kier molecular flexibility index (Phi) is 27.1. The van der Waals surface area contributed by atoms with E-state index in [-0.39, 0.29) is 18.6 Å². The number of carbonyl (C=O) groups excluding carboxylic acids is 2. The zero-order valence-electron chi connectivity index (χ0n) is 22.0. The van der Waals surface area contributed by atoms with E-state index in [9.17, 15) is 9.59 Å². The number of hydrogen-bond donors (Lipinski definition) is 7. The van der Waals surface area contributed by atoms with Gasteiger partial charge in [-0.25, -0.2) is 0 Å². The Morgan fingerprint density at radius 1 is 1.25 bits per heavy atom. The van der Waals surface area contributed by atoms with Crippen LogP contribution in [0.5, 0.6) is 0 Å². The summed E-state index contributed by atoms with van der Waals surface area (Å²) >= 11 is 3.93. The second-order valence-corrected chi connectivity index (χ2v) is 8.74. The molecule has 1 saturated heterocycles. The average Bonchev–Trinajstić information content (AvgIpc) is 3.42. The Morgan fingerprint density at radius 2 is 1.86 bits per heavy atom. The van der Waals surface area contributed by atoms with Crippen LogP contribution in [-0.2, 0) is 16.0 Å². The van der Waals surface area contributed by atoms with Gasteiger partial charge in [0.25, 0.3) is 0 Å². The molecule has 36 heavy (non-hydrogen) atoms. The SMILES string of the molecule is C1CCNC1.C=C(C)N.C=CCCS.NCCCCC(=O)Nc1ccc(CC(CCO)NC=O)cc1. The second kappa shape index (κ2) is 27.3. The van der Waals surface area contributed by atoms with E-state index in [1.807, 2.05) is 30.3 Å². The van der Waals surface area contributed by atoms with Crippen LogP contribution in [0.3, 0.4) is 0 Å². The number of aliphatic hydroxyl groups is 1. The van der Waals surface area contributed by atoms with Gasteiger partial charge in [0.05, 0.1) is 0 Å². The van der Waals surface area contributed by atoms with E-state index in [1.165, 1.54) is 25.9 Å². The number of anilines is 1. The molecule has 8 nitrogen and oxygen atoms in total. The van der Waals surface area contributed by atoms with Crippen molar-refractivity contribution in [2.24, 2.45) is 11.5 Å². The van der Waals surface area contributed by atoms with E-state index < -0.39 is 0 Å². The molecule has 1 unspecified atom stereocenters. The van der Waals surface area contributed by atoms with Crippen molar-refractivity contribution >= 4 is 30.6 Å². The third kappa shape index (κ3) is 26.3. The van der Waals surface area contributed by atoms with Gasteiger partial charge in [0.1, 0.15) is 0 Å². The lowest BCUT2D eigenvalue weighted by Crippen LogP contribution is -2.30. The molecule has 1 aromatic carbocycles. The molecule has 1 aliphatic heterocycles. The molecule has 0 saturated carbocycles. The Hall–Kier alpha value is -2.33. The molecule has 1 aliphatic rings. The summed E-state index contributed by atoms with van der Waals surface area (Å²) in [6.45, 7) is 11.7. The number of rotatable bonds is 13. The van der Waals surface area contributed by atoms with Gasteiger partial charge in [0.2, 0.25) is 12.3 Å². The van der Waals surface area contributed by atoms with Gasteiger partial charge in [-0.2, -0.15) is 12.6 Å². The Bertz CT molecular complexity index is 671. The van der Waals surface area contributed by atoms with Crippen molar-refractivity contribution in [3.8, 4) is 0 Å². The zero-order chi connectivity index (χ0) is 27.4. The topological polar surface area (TPSA) is 142 Å². The quantitative estimate of drug-likeness (QED) is 0.0916. The van der Waals surface area contributed by atoms with E-state index in [0.717, 1.165) is 36.3 Å². The van der Waals surface area contributed by atoms with Crippen LogP contribution in [0.2, 0.25) is 0 Å². The Balaban J connectivity index is 0. The number of nitrogens with two attached hydrogens (primary N) is 2. The van der Waals surface area contributed by atoms with Crippen LogP contribution in [-0.4, -0.2) is 55.5 Å². The monoisotopic (exact) mass is 523 g/mol. The largest absolute Gasteiger partial charge is 0.403 e. The molecule has 0 aromatic heterocycles. The molecule has 9 heteroatoms. The van der Waals surface area contributed by atoms with Crippen LogP contribution >= 0.6 is 12.6 Å². The van der Waals surface area contributed by atoms with Gasteiger partial charge in [0.15, 0.2) is 0 Å². The highest BCUT2D eigenvalue weighted by Crippen LogP contribution is 2.13. The van der Waals surface area contributed by atoms with Gasteiger partial charge in [0, 0.05) is 24.8 Å². The van der Waals surface area contributed by atoms with E-state index in [2.05, 4.69) is 41.7 Å². The zero-order valence-corrected chi connectivity index (χ0v) is 22.9. The Morgan fingerprint density at radius 3 is 2.25 bits per heavy atom. The Labute approximate surface area is 223 Å². The van der Waals surface area contributed by atoms with Crippen LogP contribution in [0.25, 0.3) is 0 Å². The first-order chi connectivity index (χ1) is 17.3. The maximum absolute atomic E-state index is 11.7. The molecular formula is C27H49N5O3S. The number of hydrogen-bond acceptors (Lipinski definition) is 7. The molecule has 1 aromatic rings. The molecule has 1 heterocycles. The lowest BCUT2D eigenvalue weighted by atomic mass is 10.0. The minimum absolute atomic E-state index is 0.0121. The van der Waals surface area contributed by atoms with Gasteiger partial charge in [-0.05, 0) is 101 Å². The standard InChI is InChI=1S/C16H25N3O3.C4H9N.C4H8S.C3H7N/c17-9-2-1-3-16(22)19-14-6-4-13(5-7-14)11-15(8-10-20)18-12-21;1-2-4-5-3-1;1-2-3-4-5;1-3(2)4/h4-7,12,15,20H,1-3,8-11,17H2,(H,18,21)(H,19,22);5H,1-4H2;2,5H,1,3-4H2;1,4H2,2H3. The number of amides is 2. The fraction of sp³-hybridized carbons (Fsp3) is 0.556. The van der Waals surface area contributed by atoms with E-state index >= 15 is 0 Å². The predicted octanol–water partition coefficient (Wildman–Crippen LogP) is 3.13. The molecular weight excluding hydrogens is 474 g/mol. The van der Waals surface area contributed by atoms with Crippen LogP contribution in [0, 0.1) is 0 Å². The normalized spacial score (nSPS) is 12.2. The summed E-state index contributed by atoms with van der Waals surface area (Å²) in [5.41, 5.74) is 12.8. The summed E-state index contributed by atoms with van der Waals surface area (Å²) in [5, 5.41) is 17.7. The summed E-state index contributed by atoms with van der Waals surface area (Å²) in [6, 6.07) is 7.41. The van der Waals surface area contributed by atoms with Crippen molar-refractivity contribution in [1.29, 1.82) is 0 Å². The molecule has 0 bridgehead atoms. The van der Waals surface area contributed by atoms with Gasteiger partial charge >= 0.3 is 0 Å². The van der Waals surface area contributed by atoms with Crippen LogP contribution in [0.4, 0.5) is 5.69 Å². The third-order valence-electron chi connectivity index (χ3n) is 4.65. The van der Waals surface area contributed by atoms with Gasteiger partial charge in [-0.1, -0.05) is 24.8 Å². The lowest BCUT2D eigenvalue weighted by molar-refractivity contribution is -0.116. The van der Waals surface area contributed by atoms with Gasteiger partial charge in [-0.3, -0.25) is 9.59 Å². The first-order valence-corrected chi connectivity index (χ1v) is 13.2. The van der Waals surface area contributed by atoms with Crippen LogP contribution < -0.4 is 27.4 Å². The first-order valence-electron chi connectivity index (χ1n) is 12.6. The van der Waals surface area contributed by atoms with Gasteiger partial charge < -0.3 is 32.5 Å². The van der Waals surface area contributed by atoms with Gasteiger partial charge in [-0.15, -0.1) is 6.58 Å². The second-order valence-electron chi connectivity index (χ2n) is 8.29. The molecule has 0 aliphatic carbocycles. The number of thiol groups is 1. The number of aliphatic hydroxyl groups excluding tert-OH is 1. The molecule has 2 amide bonds. The van der Waals surface area contributed by atoms with Crippen LogP contribution in [0.15, 0.2) is 49.2 Å². The van der Waals surface area contributed by atoms with E-state index in [1.54, 1.807) is 6.92 Å². The minimum atomic E-state index is -0.0841. The van der Waals surface area contributed by atoms with Crippen molar-refractivity contribution in [3.63, 3.8) is 0 Å². The molecule has 1 atom stereocenters. The van der Waals surface area contributed by atoms with Crippen molar-refractivity contribution in [2.75, 3.05) is 37.3 Å². The third-order valence-corrected chi connectivity index (χ3v) is 4.91. The number of allylic oxidation sites excluding steroid dienone is 2. The molecule has 1 fully saturated rings. The molecule has 2 rings (SSSR count). The van der Waals surface area contributed by atoms with Crippen LogP contribution in [0.1, 0.15) is 57.4 Å². The van der Waals surface area contributed by atoms with Crippen molar-refractivity contribution in [1.82, 2.24) is 10.6 Å². The summed E-state index contributed by atoms with van der Waals surface area (Å²) < 4.78 is 0. The van der Waals surface area contributed by atoms with Crippen molar-refractivity contribution < 1.29 is 14.7 Å². The summed E-state index contributed by atoms with van der Waals surface area (Å²) in [6.07, 6.45) is 9.57. The number of unbranched alkanes of at least 4 members (excludes halogenated alkanes) is 1. The number of nitrogens with one attached hydrogen (secondary N) is 3. The highest BCUT2D eigenvalue weighted by molar-refractivity contribution is 7.80. The van der Waals surface area contributed by atoms with Crippen molar-refractivity contribution in [2.45, 2.75) is 64.3 Å². The average molecular weight is 524 g/mol. The first kappa shape index (κ1) is 35.8. The highest BCUT2D eigenvalue weighted by Gasteiger charge is 2.08. The molecule has 206 valence electrons. The maximum atomic E-state index is 11.7.